The standard InChI is InChI=1S/C14H20N2OS/c1-10(2)11(3)13(17)15-16(4)14(18)12-8-6-5-7-9-12/h5-11H,1-4H3,(H,15,17). The van der Waals surface area contributed by atoms with E-state index in [1.807, 2.05) is 51.1 Å². The van der Waals surface area contributed by atoms with Gasteiger partial charge in [0.05, 0.1) is 0 Å². The average Bonchev–Trinajstić information content (AvgIpc) is 2.37. The van der Waals surface area contributed by atoms with Crippen molar-refractivity contribution in [3.8, 4) is 0 Å². The first-order valence-corrected chi connectivity index (χ1v) is 6.48. The molecule has 1 rings (SSSR count). The Kier molecular flexibility index (Phi) is 5.28. The maximum atomic E-state index is 11.9. The summed E-state index contributed by atoms with van der Waals surface area (Å²) in [5.41, 5.74) is 3.74. The van der Waals surface area contributed by atoms with Crippen molar-refractivity contribution >= 4 is 23.1 Å². The van der Waals surface area contributed by atoms with Crippen LogP contribution < -0.4 is 5.43 Å². The van der Waals surface area contributed by atoms with Crippen molar-refractivity contribution in [2.24, 2.45) is 11.8 Å². The fourth-order valence-corrected chi connectivity index (χ4v) is 1.58. The van der Waals surface area contributed by atoms with Crippen molar-refractivity contribution in [2.45, 2.75) is 20.8 Å². The van der Waals surface area contributed by atoms with E-state index in [4.69, 9.17) is 12.2 Å². The van der Waals surface area contributed by atoms with E-state index in [-0.39, 0.29) is 11.8 Å². The minimum atomic E-state index is -0.0361. The lowest BCUT2D eigenvalue weighted by Crippen LogP contribution is -2.45. The first-order chi connectivity index (χ1) is 8.43. The van der Waals surface area contributed by atoms with Crippen LogP contribution in [0.4, 0.5) is 0 Å². The fraction of sp³-hybridized carbons (Fsp3) is 0.429. The summed E-state index contributed by atoms with van der Waals surface area (Å²) in [4.78, 5) is 12.5. The Morgan fingerprint density at radius 1 is 1.22 bits per heavy atom. The second kappa shape index (κ2) is 6.50. The highest BCUT2D eigenvalue weighted by Gasteiger charge is 2.18. The van der Waals surface area contributed by atoms with Gasteiger partial charge in [-0.15, -0.1) is 0 Å². The third-order valence-electron chi connectivity index (χ3n) is 3.02. The zero-order valence-corrected chi connectivity index (χ0v) is 12.1. The molecule has 1 amide bonds. The molecule has 1 unspecified atom stereocenters. The Bertz CT molecular complexity index is 417. The van der Waals surface area contributed by atoms with Gasteiger partial charge in [-0.3, -0.25) is 15.2 Å². The van der Waals surface area contributed by atoms with E-state index in [0.717, 1.165) is 5.56 Å². The Morgan fingerprint density at radius 2 is 1.78 bits per heavy atom. The van der Waals surface area contributed by atoms with Crippen molar-refractivity contribution in [1.82, 2.24) is 10.4 Å². The summed E-state index contributed by atoms with van der Waals surface area (Å²) in [5, 5.41) is 1.60. The Labute approximate surface area is 114 Å². The molecule has 3 nitrogen and oxygen atoms in total. The van der Waals surface area contributed by atoms with E-state index in [1.165, 1.54) is 0 Å². The molecule has 0 radical (unpaired) electrons. The summed E-state index contributed by atoms with van der Waals surface area (Å²) in [6, 6.07) is 9.64. The smallest absolute Gasteiger partial charge is 0.241 e. The molecule has 0 fully saturated rings. The van der Waals surface area contributed by atoms with Gasteiger partial charge in [-0.2, -0.15) is 0 Å². The molecule has 1 atom stereocenters. The van der Waals surface area contributed by atoms with Gasteiger partial charge in [0.25, 0.3) is 0 Å². The summed E-state index contributed by atoms with van der Waals surface area (Å²) >= 11 is 5.33. The van der Waals surface area contributed by atoms with Crippen molar-refractivity contribution in [1.29, 1.82) is 0 Å². The van der Waals surface area contributed by atoms with Gasteiger partial charge in [-0.05, 0) is 5.92 Å². The summed E-state index contributed by atoms with van der Waals surface area (Å²) in [6.45, 7) is 5.97. The molecule has 18 heavy (non-hydrogen) atoms. The van der Waals surface area contributed by atoms with Gasteiger partial charge < -0.3 is 0 Å². The molecule has 1 N–H and O–H groups in total. The van der Waals surface area contributed by atoms with Crippen LogP contribution in [-0.2, 0) is 4.79 Å². The number of hydrogen-bond donors (Lipinski definition) is 1. The molecular weight excluding hydrogens is 244 g/mol. The summed E-state index contributed by atoms with van der Waals surface area (Å²) < 4.78 is 0. The Balaban J connectivity index is 2.64. The van der Waals surface area contributed by atoms with Gasteiger partial charge in [0.15, 0.2) is 0 Å². The number of thiocarbonyl (C=S) groups is 1. The lowest BCUT2D eigenvalue weighted by Gasteiger charge is -2.24. The molecular formula is C14H20N2OS. The van der Waals surface area contributed by atoms with Crippen molar-refractivity contribution in [3.63, 3.8) is 0 Å². The Morgan fingerprint density at radius 3 is 2.28 bits per heavy atom. The summed E-state index contributed by atoms with van der Waals surface area (Å²) in [5.74, 6) is 0.264. The molecule has 0 bridgehead atoms. The average molecular weight is 264 g/mol. The van der Waals surface area contributed by atoms with Crippen molar-refractivity contribution in [2.75, 3.05) is 7.05 Å². The maximum Gasteiger partial charge on any atom is 0.241 e. The van der Waals surface area contributed by atoms with Crippen molar-refractivity contribution in [3.05, 3.63) is 35.9 Å². The first kappa shape index (κ1) is 14.6. The number of carbonyl (C=O) groups is 1. The third kappa shape index (κ3) is 3.81. The molecule has 1 aromatic rings. The van der Waals surface area contributed by atoms with Crippen LogP contribution >= 0.6 is 12.2 Å². The van der Waals surface area contributed by atoms with E-state index in [0.29, 0.717) is 10.9 Å². The second-order valence-corrected chi connectivity index (χ2v) is 5.13. The van der Waals surface area contributed by atoms with E-state index in [1.54, 1.807) is 12.1 Å². The van der Waals surface area contributed by atoms with Gasteiger partial charge in [0, 0.05) is 18.5 Å². The molecule has 0 aromatic heterocycles. The van der Waals surface area contributed by atoms with E-state index < -0.39 is 0 Å². The van der Waals surface area contributed by atoms with E-state index in [2.05, 4.69) is 5.43 Å². The minimum absolute atomic E-state index is 0.00854. The van der Waals surface area contributed by atoms with Crippen LogP contribution in [0.5, 0.6) is 0 Å². The molecule has 0 spiro atoms. The van der Waals surface area contributed by atoms with Gasteiger partial charge in [-0.25, -0.2) is 0 Å². The number of nitrogens with zero attached hydrogens (tertiary/aromatic N) is 1. The lowest BCUT2D eigenvalue weighted by molar-refractivity contribution is -0.128. The number of hydrogen-bond acceptors (Lipinski definition) is 2. The zero-order chi connectivity index (χ0) is 13.7. The molecule has 0 heterocycles. The monoisotopic (exact) mass is 264 g/mol. The number of nitrogens with one attached hydrogen (secondary N) is 1. The molecule has 0 aliphatic carbocycles. The lowest BCUT2D eigenvalue weighted by atomic mass is 9.98. The van der Waals surface area contributed by atoms with Crippen LogP contribution in [-0.4, -0.2) is 23.0 Å². The topological polar surface area (TPSA) is 32.3 Å². The number of amides is 1. The SMILES string of the molecule is CC(C)C(C)C(=O)NN(C)C(=S)c1ccccc1. The molecule has 0 aliphatic heterocycles. The summed E-state index contributed by atoms with van der Waals surface area (Å²) in [6.07, 6.45) is 0. The normalized spacial score (nSPS) is 12.1. The van der Waals surface area contributed by atoms with E-state index >= 15 is 0 Å². The van der Waals surface area contributed by atoms with E-state index in [9.17, 15) is 4.79 Å². The zero-order valence-electron chi connectivity index (χ0n) is 11.3. The molecule has 98 valence electrons. The van der Waals surface area contributed by atoms with Crippen LogP contribution in [0.15, 0.2) is 30.3 Å². The summed E-state index contributed by atoms with van der Waals surface area (Å²) in [7, 11) is 1.76. The molecule has 0 aliphatic rings. The minimum Gasteiger partial charge on any atom is -0.277 e. The van der Waals surface area contributed by atoms with Crippen LogP contribution in [0.2, 0.25) is 0 Å². The quantitative estimate of drug-likeness (QED) is 0.673. The van der Waals surface area contributed by atoms with Crippen molar-refractivity contribution < 1.29 is 4.79 Å². The predicted molar refractivity (Wildman–Crippen MR) is 78.0 cm³/mol. The highest BCUT2D eigenvalue weighted by molar-refractivity contribution is 7.80. The first-order valence-electron chi connectivity index (χ1n) is 6.07. The Hall–Kier alpha value is -1.42. The van der Waals surface area contributed by atoms with Crippen LogP contribution in [0.25, 0.3) is 0 Å². The molecule has 0 saturated carbocycles. The molecule has 4 heteroatoms. The van der Waals surface area contributed by atoms with Crippen LogP contribution in [0.1, 0.15) is 26.3 Å². The van der Waals surface area contributed by atoms with Gasteiger partial charge in [0.1, 0.15) is 4.99 Å². The van der Waals surface area contributed by atoms with Crippen LogP contribution in [0, 0.1) is 11.8 Å². The predicted octanol–water partition coefficient (Wildman–Crippen LogP) is 2.62. The molecule has 0 saturated heterocycles. The largest absolute Gasteiger partial charge is 0.277 e. The highest BCUT2D eigenvalue weighted by Crippen LogP contribution is 2.10. The van der Waals surface area contributed by atoms with Crippen LogP contribution in [0.3, 0.4) is 0 Å². The van der Waals surface area contributed by atoms with Gasteiger partial charge in [-0.1, -0.05) is 63.3 Å². The third-order valence-corrected chi connectivity index (χ3v) is 3.53. The second-order valence-electron chi connectivity index (χ2n) is 4.74. The molecule has 1 aromatic carbocycles. The number of carbonyl (C=O) groups excluding carboxylic acids is 1. The number of benzene rings is 1. The van der Waals surface area contributed by atoms with Gasteiger partial charge >= 0.3 is 0 Å². The highest BCUT2D eigenvalue weighted by atomic mass is 32.1. The fourth-order valence-electron chi connectivity index (χ4n) is 1.40. The number of hydrazine groups is 1. The number of rotatable bonds is 3. The maximum absolute atomic E-state index is 11.9. The van der Waals surface area contributed by atoms with Gasteiger partial charge in [0.2, 0.25) is 5.91 Å².